The lowest BCUT2D eigenvalue weighted by Crippen LogP contribution is -2.25. The fourth-order valence-corrected chi connectivity index (χ4v) is 2.41. The number of nitrogens with zero attached hydrogens (tertiary/aromatic N) is 2. The largest absolute Gasteiger partial charge is 0.508 e. The van der Waals surface area contributed by atoms with E-state index in [9.17, 15) is 9.90 Å². The van der Waals surface area contributed by atoms with Gasteiger partial charge >= 0.3 is 5.97 Å². The van der Waals surface area contributed by atoms with E-state index < -0.39 is 5.97 Å². The highest BCUT2D eigenvalue weighted by molar-refractivity contribution is 5.70. The van der Waals surface area contributed by atoms with E-state index >= 15 is 0 Å². The highest BCUT2D eigenvalue weighted by Gasteiger charge is 2.25. The van der Waals surface area contributed by atoms with Crippen LogP contribution in [0.2, 0.25) is 0 Å². The molecule has 0 aliphatic carbocycles. The van der Waals surface area contributed by atoms with E-state index in [4.69, 9.17) is 5.11 Å². The molecule has 1 unspecified atom stereocenters. The molecule has 1 aliphatic rings. The number of aromatic hydroxyl groups is 1. The molecule has 5 nitrogen and oxygen atoms in total. The fraction of sp³-hybridized carbons (Fsp3) is 0.286. The zero-order chi connectivity index (χ0) is 13.4. The van der Waals surface area contributed by atoms with Crippen molar-refractivity contribution in [3.8, 4) is 17.0 Å². The molecule has 0 fully saturated rings. The fourth-order valence-electron chi connectivity index (χ4n) is 2.41. The Bertz CT molecular complexity index is 616. The molecule has 0 spiro atoms. The normalized spacial score (nSPS) is 18.0. The number of phenols is 1. The molecule has 2 N–H and O–H groups in total. The summed E-state index contributed by atoms with van der Waals surface area (Å²) in [5.74, 6) is -0.0385. The number of carboxylic acid groups (broad SMARTS) is 1. The lowest BCUT2D eigenvalue weighted by Gasteiger charge is -2.19. The predicted molar refractivity (Wildman–Crippen MR) is 68.8 cm³/mol. The summed E-state index contributed by atoms with van der Waals surface area (Å²) in [5.41, 5.74) is 1.74. The smallest absolute Gasteiger partial charge is 0.307 e. The number of fused-ring (bicyclic) bond motifs is 1. The minimum absolute atomic E-state index is 0.221. The second kappa shape index (κ2) is 4.42. The summed E-state index contributed by atoms with van der Waals surface area (Å²) < 4.78 is 2.02. The molecule has 1 aromatic carbocycles. The first-order valence-corrected chi connectivity index (χ1v) is 6.22. The first-order valence-electron chi connectivity index (χ1n) is 6.22. The Labute approximate surface area is 110 Å². The van der Waals surface area contributed by atoms with Gasteiger partial charge in [0.2, 0.25) is 0 Å². The van der Waals surface area contributed by atoms with Crippen LogP contribution in [-0.2, 0) is 17.8 Å². The molecule has 1 aromatic heterocycles. The van der Waals surface area contributed by atoms with Crippen LogP contribution < -0.4 is 0 Å². The van der Waals surface area contributed by atoms with Crippen molar-refractivity contribution in [1.29, 1.82) is 0 Å². The molecular weight excluding hydrogens is 244 g/mol. The molecule has 0 saturated carbocycles. The van der Waals surface area contributed by atoms with Gasteiger partial charge in [-0.05, 0) is 30.7 Å². The van der Waals surface area contributed by atoms with Crippen molar-refractivity contribution in [2.24, 2.45) is 5.92 Å². The summed E-state index contributed by atoms with van der Waals surface area (Å²) in [6.07, 6.45) is 3.07. The van der Waals surface area contributed by atoms with Crippen LogP contribution in [0.5, 0.6) is 5.75 Å². The van der Waals surface area contributed by atoms with Crippen molar-refractivity contribution in [3.63, 3.8) is 0 Å². The average Bonchev–Trinajstić information content (AvgIpc) is 2.82. The lowest BCUT2D eigenvalue weighted by atomic mass is 9.98. The number of imidazole rings is 1. The van der Waals surface area contributed by atoms with Gasteiger partial charge in [0.1, 0.15) is 11.6 Å². The third-order valence-corrected chi connectivity index (χ3v) is 3.52. The van der Waals surface area contributed by atoms with Crippen molar-refractivity contribution in [2.75, 3.05) is 0 Å². The van der Waals surface area contributed by atoms with Crippen molar-refractivity contribution in [1.82, 2.24) is 9.55 Å². The van der Waals surface area contributed by atoms with Gasteiger partial charge in [-0.1, -0.05) is 0 Å². The van der Waals surface area contributed by atoms with Gasteiger partial charge in [-0.25, -0.2) is 4.98 Å². The minimum atomic E-state index is -0.750. The maximum absolute atomic E-state index is 11.0. The van der Waals surface area contributed by atoms with E-state index in [1.807, 2.05) is 10.8 Å². The highest BCUT2D eigenvalue weighted by atomic mass is 16.4. The first kappa shape index (κ1) is 11.8. The average molecular weight is 258 g/mol. The summed E-state index contributed by atoms with van der Waals surface area (Å²) >= 11 is 0. The Balaban J connectivity index is 1.91. The summed E-state index contributed by atoms with van der Waals surface area (Å²) in [4.78, 5) is 15.5. The number of aromatic nitrogens is 2. The third kappa shape index (κ3) is 2.19. The van der Waals surface area contributed by atoms with Crippen LogP contribution in [0.3, 0.4) is 0 Å². The monoisotopic (exact) mass is 258 g/mol. The van der Waals surface area contributed by atoms with Crippen LogP contribution in [0.25, 0.3) is 11.3 Å². The van der Waals surface area contributed by atoms with Gasteiger partial charge in [0.05, 0.1) is 11.6 Å². The topological polar surface area (TPSA) is 75.3 Å². The van der Waals surface area contributed by atoms with E-state index in [2.05, 4.69) is 4.98 Å². The number of carboxylic acids is 1. The minimum Gasteiger partial charge on any atom is -0.508 e. The Morgan fingerprint density at radius 1 is 1.32 bits per heavy atom. The van der Waals surface area contributed by atoms with E-state index in [1.165, 1.54) is 0 Å². The summed E-state index contributed by atoms with van der Waals surface area (Å²) in [6.45, 7) is 0.692. The van der Waals surface area contributed by atoms with Gasteiger partial charge in [0.15, 0.2) is 0 Å². The number of hydrogen-bond acceptors (Lipinski definition) is 3. The second-order valence-corrected chi connectivity index (χ2v) is 4.81. The zero-order valence-corrected chi connectivity index (χ0v) is 10.3. The van der Waals surface area contributed by atoms with Crippen LogP contribution in [0.1, 0.15) is 12.2 Å². The molecule has 5 heteroatoms. The lowest BCUT2D eigenvalue weighted by molar-refractivity contribution is -0.142. The molecule has 1 atom stereocenters. The summed E-state index contributed by atoms with van der Waals surface area (Å²) in [7, 11) is 0. The molecule has 3 rings (SSSR count). The van der Waals surface area contributed by atoms with Crippen LogP contribution in [0, 0.1) is 5.92 Å². The predicted octanol–water partition coefficient (Wildman–Crippen LogP) is 1.90. The SMILES string of the molecule is O=C(O)C1CCn2cc(-c3ccc(O)cc3)nc2C1. The maximum Gasteiger partial charge on any atom is 0.307 e. The Morgan fingerprint density at radius 2 is 2.05 bits per heavy atom. The van der Waals surface area contributed by atoms with Crippen LogP contribution in [0.4, 0.5) is 0 Å². The molecule has 0 bridgehead atoms. The molecule has 98 valence electrons. The molecule has 2 aromatic rings. The van der Waals surface area contributed by atoms with Gasteiger partial charge in [0, 0.05) is 24.7 Å². The van der Waals surface area contributed by atoms with Gasteiger partial charge in [-0.2, -0.15) is 0 Å². The van der Waals surface area contributed by atoms with E-state index in [0.717, 1.165) is 17.1 Å². The molecule has 0 saturated heterocycles. The Morgan fingerprint density at radius 3 is 2.74 bits per heavy atom. The number of rotatable bonds is 2. The van der Waals surface area contributed by atoms with Crippen molar-refractivity contribution in [2.45, 2.75) is 19.4 Å². The van der Waals surface area contributed by atoms with Crippen molar-refractivity contribution >= 4 is 5.97 Å². The maximum atomic E-state index is 11.0. The number of aryl methyl sites for hydroxylation is 1. The van der Waals surface area contributed by atoms with Gasteiger partial charge in [0.25, 0.3) is 0 Å². The standard InChI is InChI=1S/C14H14N2O3/c17-11-3-1-9(2-4-11)12-8-16-6-5-10(14(18)19)7-13(16)15-12/h1-4,8,10,17H,5-7H2,(H,18,19). The van der Waals surface area contributed by atoms with Crippen molar-refractivity contribution < 1.29 is 15.0 Å². The van der Waals surface area contributed by atoms with Crippen LogP contribution in [0.15, 0.2) is 30.5 Å². The number of carbonyl (C=O) groups is 1. The van der Waals surface area contributed by atoms with E-state index in [-0.39, 0.29) is 11.7 Å². The number of benzene rings is 1. The summed E-state index contributed by atoms with van der Waals surface area (Å²) in [6, 6.07) is 6.85. The number of hydrogen-bond donors (Lipinski definition) is 2. The van der Waals surface area contributed by atoms with E-state index in [1.54, 1.807) is 24.3 Å². The van der Waals surface area contributed by atoms with Crippen LogP contribution in [-0.4, -0.2) is 25.7 Å². The van der Waals surface area contributed by atoms with Crippen LogP contribution >= 0.6 is 0 Å². The van der Waals surface area contributed by atoms with Crippen molar-refractivity contribution in [3.05, 3.63) is 36.3 Å². The Kier molecular flexibility index (Phi) is 2.74. The highest BCUT2D eigenvalue weighted by Crippen LogP contribution is 2.26. The first-order chi connectivity index (χ1) is 9.13. The van der Waals surface area contributed by atoms with Gasteiger partial charge in [-0.3, -0.25) is 4.79 Å². The molecule has 0 amide bonds. The summed E-state index contributed by atoms with van der Waals surface area (Å²) in [5, 5.41) is 18.3. The molecule has 1 aliphatic heterocycles. The zero-order valence-electron chi connectivity index (χ0n) is 10.3. The third-order valence-electron chi connectivity index (χ3n) is 3.52. The molecular formula is C14H14N2O3. The second-order valence-electron chi connectivity index (χ2n) is 4.81. The number of phenolic OH excluding ortho intramolecular Hbond substituents is 1. The van der Waals surface area contributed by atoms with Gasteiger partial charge < -0.3 is 14.8 Å². The number of aliphatic carboxylic acids is 1. The van der Waals surface area contributed by atoms with E-state index in [0.29, 0.717) is 19.4 Å². The Hall–Kier alpha value is -2.30. The van der Waals surface area contributed by atoms with Gasteiger partial charge in [-0.15, -0.1) is 0 Å². The quantitative estimate of drug-likeness (QED) is 0.862. The molecule has 19 heavy (non-hydrogen) atoms. The molecule has 0 radical (unpaired) electrons. The molecule has 2 heterocycles.